The molecule has 0 aromatic carbocycles. The van der Waals surface area contributed by atoms with Gasteiger partial charge in [0.1, 0.15) is 0 Å². The molecule has 0 amide bonds. The SMILES string of the molecule is CCOCC(C(=O)O)=C(C1=CCCCC1)C1=CCCCC1. The monoisotopic (exact) mass is 290 g/mol. The quantitative estimate of drug-likeness (QED) is 0.737. The molecule has 0 saturated heterocycles. The van der Waals surface area contributed by atoms with Gasteiger partial charge in [0.15, 0.2) is 0 Å². The van der Waals surface area contributed by atoms with Crippen molar-refractivity contribution in [2.45, 2.75) is 58.3 Å². The predicted octanol–water partition coefficient (Wildman–Crippen LogP) is 4.40. The van der Waals surface area contributed by atoms with Gasteiger partial charge >= 0.3 is 5.97 Å². The first-order chi connectivity index (χ1) is 10.2. The topological polar surface area (TPSA) is 46.5 Å². The van der Waals surface area contributed by atoms with Crippen molar-refractivity contribution in [3.8, 4) is 0 Å². The molecular formula is C18H26O3. The number of carbonyl (C=O) groups is 1. The summed E-state index contributed by atoms with van der Waals surface area (Å²) in [5, 5.41) is 9.64. The highest BCUT2D eigenvalue weighted by Crippen LogP contribution is 2.35. The summed E-state index contributed by atoms with van der Waals surface area (Å²) in [6.07, 6.45) is 13.3. The molecule has 0 aromatic rings. The molecule has 116 valence electrons. The maximum absolute atomic E-state index is 11.7. The van der Waals surface area contributed by atoms with Crippen molar-refractivity contribution in [3.63, 3.8) is 0 Å². The molecule has 0 radical (unpaired) electrons. The Morgan fingerprint density at radius 3 is 2.05 bits per heavy atom. The van der Waals surface area contributed by atoms with Crippen molar-refractivity contribution < 1.29 is 14.6 Å². The van der Waals surface area contributed by atoms with Crippen LogP contribution < -0.4 is 0 Å². The number of carboxylic acid groups (broad SMARTS) is 1. The Morgan fingerprint density at radius 2 is 1.67 bits per heavy atom. The molecule has 1 N–H and O–H groups in total. The van der Waals surface area contributed by atoms with E-state index in [1.807, 2.05) is 6.92 Å². The number of aliphatic carboxylic acids is 1. The van der Waals surface area contributed by atoms with Crippen LogP contribution in [0.25, 0.3) is 0 Å². The zero-order chi connectivity index (χ0) is 15.1. The van der Waals surface area contributed by atoms with Crippen LogP contribution in [0.2, 0.25) is 0 Å². The Bertz CT molecular complexity index is 441. The van der Waals surface area contributed by atoms with Gasteiger partial charge in [0, 0.05) is 6.61 Å². The van der Waals surface area contributed by atoms with Crippen LogP contribution >= 0.6 is 0 Å². The minimum absolute atomic E-state index is 0.204. The molecule has 0 saturated carbocycles. The minimum atomic E-state index is -0.837. The van der Waals surface area contributed by atoms with Crippen molar-refractivity contribution in [2.24, 2.45) is 0 Å². The average Bonchev–Trinajstić information content (AvgIpc) is 2.53. The molecule has 0 aliphatic heterocycles. The second-order valence-electron chi connectivity index (χ2n) is 5.75. The average molecular weight is 290 g/mol. The van der Waals surface area contributed by atoms with Gasteiger partial charge in [-0.15, -0.1) is 0 Å². The first-order valence-corrected chi connectivity index (χ1v) is 8.17. The predicted molar refractivity (Wildman–Crippen MR) is 84.3 cm³/mol. The summed E-state index contributed by atoms with van der Waals surface area (Å²) < 4.78 is 5.43. The highest BCUT2D eigenvalue weighted by Gasteiger charge is 2.22. The Morgan fingerprint density at radius 1 is 1.10 bits per heavy atom. The number of ether oxygens (including phenoxy) is 1. The van der Waals surface area contributed by atoms with Gasteiger partial charge in [0.2, 0.25) is 0 Å². The third-order valence-corrected chi connectivity index (χ3v) is 4.23. The second kappa shape index (κ2) is 8.18. The third kappa shape index (κ3) is 4.31. The van der Waals surface area contributed by atoms with E-state index in [0.29, 0.717) is 12.2 Å². The summed E-state index contributed by atoms with van der Waals surface area (Å²) in [6.45, 7) is 2.65. The molecule has 2 aliphatic rings. The van der Waals surface area contributed by atoms with Gasteiger partial charge in [-0.1, -0.05) is 12.2 Å². The van der Waals surface area contributed by atoms with Gasteiger partial charge in [-0.05, 0) is 75.0 Å². The first kappa shape index (κ1) is 16.0. The lowest BCUT2D eigenvalue weighted by Gasteiger charge is -2.23. The van der Waals surface area contributed by atoms with E-state index >= 15 is 0 Å². The van der Waals surface area contributed by atoms with Gasteiger partial charge in [0.05, 0.1) is 12.2 Å². The van der Waals surface area contributed by atoms with Gasteiger partial charge in [-0.2, -0.15) is 0 Å². The molecule has 3 nitrogen and oxygen atoms in total. The van der Waals surface area contributed by atoms with Gasteiger partial charge < -0.3 is 9.84 Å². The van der Waals surface area contributed by atoms with E-state index in [1.54, 1.807) is 0 Å². The van der Waals surface area contributed by atoms with Crippen molar-refractivity contribution in [1.29, 1.82) is 0 Å². The van der Waals surface area contributed by atoms with Gasteiger partial charge in [-0.25, -0.2) is 4.79 Å². The van der Waals surface area contributed by atoms with Crippen LogP contribution in [0.5, 0.6) is 0 Å². The molecule has 0 fully saturated rings. The van der Waals surface area contributed by atoms with Crippen LogP contribution in [0.4, 0.5) is 0 Å². The Balaban J connectivity index is 2.43. The van der Waals surface area contributed by atoms with Crippen LogP contribution in [0.3, 0.4) is 0 Å². The van der Waals surface area contributed by atoms with E-state index in [-0.39, 0.29) is 6.61 Å². The molecule has 21 heavy (non-hydrogen) atoms. The number of allylic oxidation sites excluding steroid dienone is 5. The van der Waals surface area contributed by atoms with Crippen molar-refractivity contribution >= 4 is 5.97 Å². The Hall–Kier alpha value is -1.35. The van der Waals surface area contributed by atoms with E-state index in [2.05, 4.69) is 12.2 Å². The second-order valence-corrected chi connectivity index (χ2v) is 5.75. The fourth-order valence-electron chi connectivity index (χ4n) is 3.17. The molecule has 0 aromatic heterocycles. The molecule has 0 spiro atoms. The highest BCUT2D eigenvalue weighted by atomic mass is 16.5. The molecule has 0 unspecified atom stereocenters. The van der Waals surface area contributed by atoms with E-state index in [9.17, 15) is 9.90 Å². The normalized spacial score (nSPS) is 18.7. The zero-order valence-corrected chi connectivity index (χ0v) is 13.0. The van der Waals surface area contributed by atoms with Crippen LogP contribution in [0.1, 0.15) is 58.3 Å². The summed E-state index contributed by atoms with van der Waals surface area (Å²) in [7, 11) is 0. The van der Waals surface area contributed by atoms with Crippen LogP contribution in [0, 0.1) is 0 Å². The van der Waals surface area contributed by atoms with E-state index < -0.39 is 5.97 Å². The van der Waals surface area contributed by atoms with Crippen molar-refractivity contribution in [3.05, 3.63) is 34.4 Å². The van der Waals surface area contributed by atoms with Crippen molar-refractivity contribution in [2.75, 3.05) is 13.2 Å². The molecular weight excluding hydrogens is 264 g/mol. The zero-order valence-electron chi connectivity index (χ0n) is 13.0. The van der Waals surface area contributed by atoms with E-state index in [0.717, 1.165) is 44.1 Å². The first-order valence-electron chi connectivity index (χ1n) is 8.17. The summed E-state index contributed by atoms with van der Waals surface area (Å²) in [5.41, 5.74) is 3.88. The fourth-order valence-corrected chi connectivity index (χ4v) is 3.17. The standard InChI is InChI=1S/C18H26O3/c1-2-21-13-16(18(19)20)17(14-9-5-3-6-10-14)15-11-7-4-8-12-15/h9,11H,2-8,10,12-13H2,1H3,(H,19,20). The fraction of sp³-hybridized carbons (Fsp3) is 0.611. The summed E-state index contributed by atoms with van der Waals surface area (Å²) in [6, 6.07) is 0. The number of rotatable bonds is 6. The summed E-state index contributed by atoms with van der Waals surface area (Å²) >= 11 is 0. The third-order valence-electron chi connectivity index (χ3n) is 4.23. The van der Waals surface area contributed by atoms with Crippen LogP contribution in [0.15, 0.2) is 34.4 Å². The molecule has 2 rings (SSSR count). The summed E-state index contributed by atoms with van der Waals surface area (Å²) in [5.74, 6) is -0.837. The largest absolute Gasteiger partial charge is 0.478 e. The number of hydrogen-bond donors (Lipinski definition) is 1. The lowest BCUT2D eigenvalue weighted by Crippen LogP contribution is -2.15. The Labute approximate surface area is 127 Å². The minimum Gasteiger partial charge on any atom is -0.478 e. The Kier molecular flexibility index (Phi) is 6.24. The summed E-state index contributed by atoms with van der Waals surface area (Å²) in [4.78, 5) is 11.7. The number of carboxylic acids is 1. The molecule has 0 bridgehead atoms. The smallest absolute Gasteiger partial charge is 0.334 e. The maximum Gasteiger partial charge on any atom is 0.334 e. The molecule has 0 heterocycles. The van der Waals surface area contributed by atoms with E-state index in [1.165, 1.54) is 24.0 Å². The van der Waals surface area contributed by atoms with Crippen LogP contribution in [-0.2, 0) is 9.53 Å². The lowest BCUT2D eigenvalue weighted by molar-refractivity contribution is -0.133. The van der Waals surface area contributed by atoms with Gasteiger partial charge in [-0.3, -0.25) is 0 Å². The molecule has 2 aliphatic carbocycles. The van der Waals surface area contributed by atoms with Crippen molar-refractivity contribution in [1.82, 2.24) is 0 Å². The molecule has 3 heteroatoms. The van der Waals surface area contributed by atoms with Gasteiger partial charge in [0.25, 0.3) is 0 Å². The maximum atomic E-state index is 11.7. The number of hydrogen-bond acceptors (Lipinski definition) is 2. The van der Waals surface area contributed by atoms with E-state index in [4.69, 9.17) is 4.74 Å². The highest BCUT2D eigenvalue weighted by molar-refractivity contribution is 5.90. The van der Waals surface area contributed by atoms with Crippen LogP contribution in [-0.4, -0.2) is 24.3 Å². The molecule has 0 atom stereocenters. The lowest BCUT2D eigenvalue weighted by atomic mass is 9.82.